The molecule has 3 rings (SSSR count). The number of sulfone groups is 2. The van der Waals surface area contributed by atoms with Gasteiger partial charge in [0.15, 0.2) is 9.84 Å². The van der Waals surface area contributed by atoms with Gasteiger partial charge in [0.1, 0.15) is 15.9 Å². The Bertz CT molecular complexity index is 1580. The molecule has 1 fully saturated rings. The molecule has 2 N–H and O–H groups in total. The maximum Gasteiger partial charge on any atom is 0.411 e. The van der Waals surface area contributed by atoms with Crippen LogP contribution in [0.2, 0.25) is 0 Å². The molecule has 2 aromatic rings. The van der Waals surface area contributed by atoms with Gasteiger partial charge in [0.2, 0.25) is 6.08 Å². The van der Waals surface area contributed by atoms with Crippen LogP contribution in [0.5, 0.6) is 0 Å². The summed E-state index contributed by atoms with van der Waals surface area (Å²) in [4.78, 5) is 30.1. The van der Waals surface area contributed by atoms with Gasteiger partial charge in [0, 0.05) is 55.8 Å². The van der Waals surface area contributed by atoms with E-state index in [9.17, 15) is 26.4 Å². The summed E-state index contributed by atoms with van der Waals surface area (Å²) >= 11 is 0. The van der Waals surface area contributed by atoms with Crippen LogP contribution in [0.4, 0.5) is 27.5 Å². The highest BCUT2D eigenvalue weighted by atomic mass is 32.2. The van der Waals surface area contributed by atoms with Crippen molar-refractivity contribution in [3.05, 3.63) is 47.5 Å². The minimum absolute atomic E-state index is 0.146. The van der Waals surface area contributed by atoms with Crippen LogP contribution < -0.4 is 15.1 Å². The summed E-state index contributed by atoms with van der Waals surface area (Å²) in [6, 6.07) is 11.6. The summed E-state index contributed by atoms with van der Waals surface area (Å²) in [6.45, 7) is 22.1. The molecular formula is C35H58N4O9S2. The summed E-state index contributed by atoms with van der Waals surface area (Å²) in [5.74, 6) is -0.340. The minimum atomic E-state index is -3.18. The Kier molecular flexibility index (Phi) is 21.5. The van der Waals surface area contributed by atoms with E-state index in [1.165, 1.54) is 12.6 Å². The number of rotatable bonds is 13. The lowest BCUT2D eigenvalue weighted by Crippen LogP contribution is -2.26. The van der Waals surface area contributed by atoms with Gasteiger partial charge in [-0.25, -0.2) is 26.4 Å². The molecule has 1 amide bonds. The van der Waals surface area contributed by atoms with Crippen LogP contribution in [0, 0.1) is 13.8 Å². The van der Waals surface area contributed by atoms with Gasteiger partial charge in [-0.05, 0) is 110 Å². The number of carbonyl (C=O) groups is 1. The quantitative estimate of drug-likeness (QED) is 0.152. The van der Waals surface area contributed by atoms with E-state index >= 15 is 0 Å². The number of aliphatic hydroxyl groups is 1. The van der Waals surface area contributed by atoms with Crippen molar-refractivity contribution in [2.45, 2.75) is 80.6 Å². The number of hydrogen-bond donors (Lipinski definition) is 2. The van der Waals surface area contributed by atoms with Crippen molar-refractivity contribution in [2.24, 2.45) is 4.99 Å². The number of ether oxygens (including phenoxy) is 2. The molecule has 0 aromatic heterocycles. The van der Waals surface area contributed by atoms with Crippen molar-refractivity contribution in [1.29, 1.82) is 0 Å². The fraction of sp³-hybridized carbons (Fsp3) is 0.600. The highest BCUT2D eigenvalue weighted by Gasteiger charge is 2.16. The van der Waals surface area contributed by atoms with E-state index in [0.29, 0.717) is 17.5 Å². The average molecular weight is 743 g/mol. The Labute approximate surface area is 299 Å². The predicted octanol–water partition coefficient (Wildman–Crippen LogP) is 5.45. The maximum absolute atomic E-state index is 11.9. The topological polar surface area (TPSA) is 175 Å². The molecule has 1 heterocycles. The van der Waals surface area contributed by atoms with Crippen LogP contribution in [0.1, 0.15) is 59.6 Å². The first-order valence-corrected chi connectivity index (χ1v) is 20.7. The number of epoxide rings is 1. The fourth-order valence-corrected chi connectivity index (χ4v) is 6.29. The number of aryl methyl sites for hydroxylation is 2. The second kappa shape index (κ2) is 23.1. The van der Waals surface area contributed by atoms with E-state index in [4.69, 9.17) is 14.6 Å². The molecule has 0 saturated carbocycles. The van der Waals surface area contributed by atoms with Crippen molar-refractivity contribution < 1.29 is 41.0 Å². The van der Waals surface area contributed by atoms with Crippen LogP contribution in [0.25, 0.3) is 0 Å². The van der Waals surface area contributed by atoms with Gasteiger partial charge in [-0.3, -0.25) is 5.32 Å². The molecule has 284 valence electrons. The maximum atomic E-state index is 11.9. The molecule has 15 heteroatoms. The third-order valence-electron chi connectivity index (χ3n) is 6.94. The predicted molar refractivity (Wildman–Crippen MR) is 203 cm³/mol. The highest BCUT2D eigenvalue weighted by Crippen LogP contribution is 2.25. The molecule has 0 radical (unpaired) electrons. The first-order chi connectivity index (χ1) is 23.2. The number of benzene rings is 2. The number of hydrogen-bond acceptors (Lipinski definition) is 12. The summed E-state index contributed by atoms with van der Waals surface area (Å²) in [5, 5.41) is 11.2. The molecule has 50 heavy (non-hydrogen) atoms. The van der Waals surface area contributed by atoms with Gasteiger partial charge < -0.3 is 24.4 Å². The summed E-state index contributed by atoms with van der Waals surface area (Å²) in [5.41, 5.74) is 5.53. The number of isocyanates is 1. The van der Waals surface area contributed by atoms with E-state index in [1.807, 2.05) is 50.2 Å². The average Bonchev–Trinajstić information content (AvgIpc) is 3.77. The Balaban J connectivity index is 0.000000752. The number of nitrogens with one attached hydrogen (secondary N) is 1. The third kappa shape index (κ3) is 21.6. The molecule has 3 unspecified atom stereocenters. The van der Waals surface area contributed by atoms with E-state index in [-0.39, 0.29) is 11.5 Å². The summed E-state index contributed by atoms with van der Waals surface area (Å²) in [7, 11) is -6.15. The number of carbonyl (C=O) groups excluding carboxylic acids is 2. The van der Waals surface area contributed by atoms with Crippen LogP contribution in [0.15, 0.2) is 41.4 Å². The smallest absolute Gasteiger partial charge is 0.411 e. The van der Waals surface area contributed by atoms with Gasteiger partial charge >= 0.3 is 6.09 Å². The van der Waals surface area contributed by atoms with Crippen LogP contribution in [-0.2, 0) is 33.9 Å². The second-order valence-electron chi connectivity index (χ2n) is 12.0. The normalized spacial score (nSPS) is 14.4. The molecule has 0 aliphatic carbocycles. The number of aliphatic hydroxyl groups excluding tert-OH is 1. The SMILES string of the molecule is CC(O)CS(C)(=O)=O.CC1CO1.CCN(CC)c1ccc(N=C=O)c(C)c1.CCN(CC)c1ccc(NC(=O)OC(C)CS(C)(=O)=O)c(C)c1. The molecule has 13 nitrogen and oxygen atoms in total. The number of amides is 1. The Morgan fingerprint density at radius 1 is 0.920 bits per heavy atom. The Morgan fingerprint density at radius 2 is 1.36 bits per heavy atom. The third-order valence-corrected chi connectivity index (χ3v) is 9.10. The summed E-state index contributed by atoms with van der Waals surface area (Å²) in [6.07, 6.45) is 2.26. The van der Waals surface area contributed by atoms with Gasteiger partial charge in [0.05, 0.1) is 36.0 Å². The van der Waals surface area contributed by atoms with Gasteiger partial charge in [0.25, 0.3) is 0 Å². The lowest BCUT2D eigenvalue weighted by atomic mass is 10.1. The van der Waals surface area contributed by atoms with E-state index in [1.54, 1.807) is 13.0 Å². The minimum Gasteiger partial charge on any atom is -0.445 e. The number of aliphatic imine (C=N–C) groups is 1. The molecule has 3 atom stereocenters. The fourth-order valence-electron chi connectivity index (χ4n) is 4.49. The molecule has 0 spiro atoms. The molecule has 1 saturated heterocycles. The monoisotopic (exact) mass is 742 g/mol. The summed E-state index contributed by atoms with van der Waals surface area (Å²) < 4.78 is 52.7. The zero-order valence-electron chi connectivity index (χ0n) is 31.5. The van der Waals surface area contributed by atoms with Gasteiger partial charge in [-0.2, -0.15) is 4.99 Å². The zero-order chi connectivity index (χ0) is 38.7. The number of nitrogens with zero attached hydrogens (tertiary/aromatic N) is 3. The van der Waals surface area contributed by atoms with Crippen molar-refractivity contribution >= 4 is 54.6 Å². The Morgan fingerprint density at radius 3 is 1.68 bits per heavy atom. The molecular weight excluding hydrogens is 685 g/mol. The molecule has 0 bridgehead atoms. The van der Waals surface area contributed by atoms with Gasteiger partial charge in [-0.15, -0.1) is 0 Å². The van der Waals surface area contributed by atoms with Crippen LogP contribution >= 0.6 is 0 Å². The number of anilines is 3. The van der Waals surface area contributed by atoms with Crippen molar-refractivity contribution in [3.8, 4) is 0 Å². The second-order valence-corrected chi connectivity index (χ2v) is 16.4. The van der Waals surface area contributed by atoms with Crippen molar-refractivity contribution in [1.82, 2.24) is 0 Å². The van der Waals surface area contributed by atoms with Crippen molar-refractivity contribution in [3.63, 3.8) is 0 Å². The van der Waals surface area contributed by atoms with Crippen molar-refractivity contribution in [2.75, 3.05) is 71.9 Å². The molecule has 2 aromatic carbocycles. The first-order valence-electron chi connectivity index (χ1n) is 16.6. The van der Waals surface area contributed by atoms with Crippen LogP contribution in [0.3, 0.4) is 0 Å². The van der Waals surface area contributed by atoms with Gasteiger partial charge in [-0.1, -0.05) is 0 Å². The molecule has 1 aliphatic rings. The standard InChI is InChI=1S/C16H26N2O4S.C12H16N2O.C4H10O3S.C3H6O/c1-6-18(7-2)14-8-9-15(12(3)10-14)17-16(19)22-13(4)11-23(5,20)21;1-4-14(5-2)11-6-7-12(13-9-15)10(3)8-11;1-4(5)3-8(2,6)7;1-3-2-4-3/h8-10,13H,6-7,11H2,1-5H3,(H,17,19);6-8H,4-5H2,1-3H3;4-5H,3H2,1-2H3;3H,2H2,1H3. The molecule has 1 aliphatic heterocycles. The zero-order valence-corrected chi connectivity index (χ0v) is 33.2. The van der Waals surface area contributed by atoms with E-state index in [2.05, 4.69) is 54.7 Å². The largest absolute Gasteiger partial charge is 0.445 e. The lowest BCUT2D eigenvalue weighted by molar-refractivity contribution is 0.131. The Hall–Kier alpha value is -3.49. The highest BCUT2D eigenvalue weighted by molar-refractivity contribution is 7.90. The van der Waals surface area contributed by atoms with E-state index in [0.717, 1.165) is 62.1 Å². The first kappa shape index (κ1) is 46.5. The van der Waals surface area contributed by atoms with E-state index < -0.39 is 38.0 Å². The van der Waals surface area contributed by atoms with Crippen LogP contribution in [-0.4, -0.2) is 109 Å². The lowest BCUT2D eigenvalue weighted by Gasteiger charge is -2.22.